The van der Waals surface area contributed by atoms with Gasteiger partial charge in [0.25, 0.3) is 11.8 Å². The predicted octanol–water partition coefficient (Wildman–Crippen LogP) is 5.06. The smallest absolute Gasteiger partial charge is 0.282 e. The number of unbranched alkanes of at least 4 members (excludes halogenated alkanes) is 1. The van der Waals surface area contributed by atoms with E-state index >= 15 is 0 Å². The minimum Gasteiger partial charge on any atom is -0.366 e. The van der Waals surface area contributed by atoms with Gasteiger partial charge in [-0.2, -0.15) is 0 Å². The molecule has 1 saturated heterocycles. The highest BCUT2D eigenvalue weighted by Crippen LogP contribution is 2.36. The number of hydrogen-bond acceptors (Lipinski definition) is 3. The molecule has 0 N–H and O–H groups in total. The maximum atomic E-state index is 13.4. The van der Waals surface area contributed by atoms with E-state index in [1.54, 1.807) is 12.1 Å². The zero-order chi connectivity index (χ0) is 20.4. The molecule has 0 aromatic heterocycles. The number of carbonyl (C=O) groups excluding carboxylic acids is 2. The van der Waals surface area contributed by atoms with Crippen LogP contribution in [0, 0.1) is 0 Å². The van der Waals surface area contributed by atoms with E-state index in [0.717, 1.165) is 50.8 Å². The Bertz CT molecular complexity index is 942. The second kappa shape index (κ2) is 8.42. The van der Waals surface area contributed by atoms with Crippen LogP contribution in [0.4, 0.5) is 5.69 Å². The third-order valence-electron chi connectivity index (χ3n) is 5.63. The van der Waals surface area contributed by atoms with Crippen LogP contribution in [0.1, 0.15) is 43.7 Å². The Morgan fingerprint density at radius 3 is 2.17 bits per heavy atom. The van der Waals surface area contributed by atoms with Gasteiger partial charge in [-0.1, -0.05) is 49.2 Å². The maximum absolute atomic E-state index is 13.4. The molecule has 4 rings (SSSR count). The minimum absolute atomic E-state index is 0.233. The zero-order valence-electron chi connectivity index (χ0n) is 16.7. The van der Waals surface area contributed by atoms with Crippen molar-refractivity contribution in [2.45, 2.75) is 39.0 Å². The molecule has 0 bridgehead atoms. The Morgan fingerprint density at radius 2 is 1.55 bits per heavy atom. The lowest BCUT2D eigenvalue weighted by molar-refractivity contribution is -0.120. The Morgan fingerprint density at radius 1 is 0.897 bits per heavy atom. The summed E-state index contributed by atoms with van der Waals surface area (Å²) in [7, 11) is 0. The molecule has 4 nitrogen and oxygen atoms in total. The molecule has 0 radical (unpaired) electrons. The quantitative estimate of drug-likeness (QED) is 0.627. The second-order valence-electron chi connectivity index (χ2n) is 7.64. The first-order chi connectivity index (χ1) is 14.1. The van der Waals surface area contributed by atoms with Crippen molar-refractivity contribution in [3.05, 3.63) is 70.4 Å². The summed E-state index contributed by atoms with van der Waals surface area (Å²) < 4.78 is 0. The molecular weight excluding hydrogens is 384 g/mol. The van der Waals surface area contributed by atoms with E-state index < -0.39 is 0 Å². The van der Waals surface area contributed by atoms with Crippen LogP contribution in [0.3, 0.4) is 0 Å². The van der Waals surface area contributed by atoms with Gasteiger partial charge in [-0.3, -0.25) is 9.59 Å². The van der Waals surface area contributed by atoms with E-state index in [4.69, 9.17) is 11.6 Å². The molecule has 2 aliphatic rings. The number of likely N-dealkylation sites (tertiary alicyclic amines) is 1. The van der Waals surface area contributed by atoms with Crippen LogP contribution in [0.25, 0.3) is 5.57 Å². The molecule has 1 fully saturated rings. The van der Waals surface area contributed by atoms with Gasteiger partial charge in [0.2, 0.25) is 0 Å². The average molecular weight is 409 g/mol. The molecule has 0 unspecified atom stereocenters. The number of amides is 2. The molecule has 5 heteroatoms. The first-order valence-corrected chi connectivity index (χ1v) is 10.7. The number of anilines is 1. The summed E-state index contributed by atoms with van der Waals surface area (Å²) in [6.07, 6.45) is 5.34. The van der Waals surface area contributed by atoms with Crippen LogP contribution >= 0.6 is 11.6 Å². The Balaban J connectivity index is 1.71. The van der Waals surface area contributed by atoms with E-state index in [2.05, 4.69) is 11.8 Å². The molecule has 0 aliphatic carbocycles. The normalized spacial score (nSPS) is 17.0. The van der Waals surface area contributed by atoms with Crippen molar-refractivity contribution in [2.75, 3.05) is 18.0 Å². The lowest BCUT2D eigenvalue weighted by atomic mass is 10.0. The van der Waals surface area contributed by atoms with Gasteiger partial charge < -0.3 is 4.90 Å². The first kappa shape index (κ1) is 19.7. The first-order valence-electron chi connectivity index (χ1n) is 10.3. The number of imide groups is 1. The third kappa shape index (κ3) is 3.82. The maximum Gasteiger partial charge on any atom is 0.282 e. The summed E-state index contributed by atoms with van der Waals surface area (Å²) in [5.74, 6) is -0.497. The molecular formula is C24H25ClN2O2. The van der Waals surface area contributed by atoms with Gasteiger partial charge in [0.05, 0.1) is 11.3 Å². The molecule has 2 amide bonds. The molecule has 2 heterocycles. The number of benzene rings is 2. The minimum atomic E-state index is -0.263. The molecule has 0 spiro atoms. The van der Waals surface area contributed by atoms with E-state index in [9.17, 15) is 9.59 Å². The molecule has 150 valence electrons. The number of halogens is 1. The van der Waals surface area contributed by atoms with Gasteiger partial charge in [0.15, 0.2) is 0 Å². The highest BCUT2D eigenvalue weighted by atomic mass is 35.5. The van der Waals surface area contributed by atoms with Gasteiger partial charge in [0, 0.05) is 18.1 Å². The number of aryl methyl sites for hydroxylation is 1. The van der Waals surface area contributed by atoms with Crippen molar-refractivity contribution < 1.29 is 9.59 Å². The largest absolute Gasteiger partial charge is 0.366 e. The molecule has 2 aromatic carbocycles. The van der Waals surface area contributed by atoms with Crippen molar-refractivity contribution in [3.63, 3.8) is 0 Å². The number of rotatable bonds is 6. The summed E-state index contributed by atoms with van der Waals surface area (Å²) in [6, 6.07) is 14.9. The summed E-state index contributed by atoms with van der Waals surface area (Å²) in [5.41, 5.74) is 3.58. The van der Waals surface area contributed by atoms with Crippen molar-refractivity contribution in [2.24, 2.45) is 0 Å². The summed E-state index contributed by atoms with van der Waals surface area (Å²) in [4.78, 5) is 30.2. The van der Waals surface area contributed by atoms with Crippen molar-refractivity contribution >= 4 is 34.7 Å². The van der Waals surface area contributed by atoms with E-state index in [1.165, 1.54) is 10.5 Å². The van der Waals surface area contributed by atoms with Crippen LogP contribution in [-0.4, -0.2) is 29.8 Å². The standard InChI is InChI=1S/C24H25ClN2O2/c1-2-3-6-17-7-13-20(14-8-17)27-23(28)21(18-9-11-19(25)12-10-18)22(24(27)29)26-15-4-5-16-26/h7-14H,2-6,15-16H2,1H3. The number of hydrogen-bond donors (Lipinski definition) is 0. The molecule has 2 aromatic rings. The number of nitrogens with zero attached hydrogens (tertiary/aromatic N) is 2. The predicted molar refractivity (Wildman–Crippen MR) is 117 cm³/mol. The van der Waals surface area contributed by atoms with Crippen LogP contribution in [0.5, 0.6) is 0 Å². The Kier molecular flexibility index (Phi) is 5.72. The van der Waals surface area contributed by atoms with Crippen LogP contribution < -0.4 is 4.90 Å². The van der Waals surface area contributed by atoms with E-state index in [-0.39, 0.29) is 11.8 Å². The lowest BCUT2D eigenvalue weighted by Gasteiger charge is -2.20. The second-order valence-corrected chi connectivity index (χ2v) is 8.08. The fraction of sp³-hybridized carbons (Fsp3) is 0.333. The van der Waals surface area contributed by atoms with Gasteiger partial charge in [0.1, 0.15) is 5.70 Å². The Labute approximate surface area is 176 Å². The van der Waals surface area contributed by atoms with Crippen LogP contribution in [-0.2, 0) is 16.0 Å². The van der Waals surface area contributed by atoms with E-state index in [0.29, 0.717) is 22.0 Å². The fourth-order valence-corrected chi connectivity index (χ4v) is 4.18. The van der Waals surface area contributed by atoms with Gasteiger partial charge >= 0.3 is 0 Å². The molecule has 2 aliphatic heterocycles. The van der Waals surface area contributed by atoms with Gasteiger partial charge in [-0.25, -0.2) is 4.90 Å². The summed E-state index contributed by atoms with van der Waals surface area (Å²) in [5, 5.41) is 0.605. The SMILES string of the molecule is CCCCc1ccc(N2C(=O)C(c3ccc(Cl)cc3)=C(N3CCCC3)C2=O)cc1. The fourth-order valence-electron chi connectivity index (χ4n) is 4.06. The zero-order valence-corrected chi connectivity index (χ0v) is 17.4. The van der Waals surface area contributed by atoms with Crippen LogP contribution in [0.2, 0.25) is 5.02 Å². The lowest BCUT2D eigenvalue weighted by Crippen LogP contribution is -2.34. The van der Waals surface area contributed by atoms with Gasteiger partial charge in [-0.05, 0) is 61.1 Å². The van der Waals surface area contributed by atoms with Crippen LogP contribution in [0.15, 0.2) is 54.2 Å². The molecule has 0 atom stereocenters. The third-order valence-corrected chi connectivity index (χ3v) is 5.88. The molecule has 0 saturated carbocycles. The van der Waals surface area contributed by atoms with Crippen molar-refractivity contribution in [3.8, 4) is 0 Å². The highest BCUT2D eigenvalue weighted by Gasteiger charge is 2.42. The molecule has 29 heavy (non-hydrogen) atoms. The Hall–Kier alpha value is -2.59. The number of carbonyl (C=O) groups is 2. The average Bonchev–Trinajstić information content (AvgIpc) is 3.34. The van der Waals surface area contributed by atoms with Crippen molar-refractivity contribution in [1.29, 1.82) is 0 Å². The summed E-state index contributed by atoms with van der Waals surface area (Å²) in [6.45, 7) is 3.77. The summed E-state index contributed by atoms with van der Waals surface area (Å²) >= 11 is 6.03. The van der Waals surface area contributed by atoms with E-state index in [1.807, 2.05) is 36.4 Å². The topological polar surface area (TPSA) is 40.6 Å². The monoisotopic (exact) mass is 408 g/mol. The van der Waals surface area contributed by atoms with Gasteiger partial charge in [-0.15, -0.1) is 0 Å². The highest BCUT2D eigenvalue weighted by molar-refractivity contribution is 6.45. The van der Waals surface area contributed by atoms with Crippen molar-refractivity contribution in [1.82, 2.24) is 4.90 Å².